The van der Waals surface area contributed by atoms with Gasteiger partial charge in [-0.1, -0.05) is 29.8 Å². The van der Waals surface area contributed by atoms with Crippen LogP contribution in [0.3, 0.4) is 0 Å². The minimum Gasteiger partial charge on any atom is -0.351 e. The topological polar surface area (TPSA) is 104 Å². The number of benzene rings is 1. The lowest BCUT2D eigenvalue weighted by atomic mass is 10.0. The second-order valence-corrected chi connectivity index (χ2v) is 7.86. The van der Waals surface area contributed by atoms with Gasteiger partial charge in [0.25, 0.3) is 5.56 Å². The lowest BCUT2D eigenvalue weighted by molar-refractivity contribution is -0.132. The number of aromatic amines is 1. The van der Waals surface area contributed by atoms with Crippen molar-refractivity contribution in [3.05, 3.63) is 57.7 Å². The first-order chi connectivity index (χ1) is 14.6. The zero-order valence-corrected chi connectivity index (χ0v) is 17.2. The van der Waals surface area contributed by atoms with Gasteiger partial charge in [-0.05, 0) is 31.7 Å². The Bertz CT molecular complexity index is 1080. The third-order valence-corrected chi connectivity index (χ3v) is 5.58. The summed E-state index contributed by atoms with van der Waals surface area (Å²) in [5, 5.41) is 12.0. The van der Waals surface area contributed by atoms with Gasteiger partial charge in [-0.15, -0.1) is 0 Å². The molecule has 156 valence electrons. The molecule has 1 fully saturated rings. The van der Waals surface area contributed by atoms with Crippen LogP contribution in [0.25, 0.3) is 10.8 Å². The number of halogens is 1. The summed E-state index contributed by atoms with van der Waals surface area (Å²) in [5.74, 6) is 0.717. The van der Waals surface area contributed by atoms with E-state index < -0.39 is 0 Å². The zero-order valence-electron chi connectivity index (χ0n) is 16.5. The summed E-state index contributed by atoms with van der Waals surface area (Å²) in [4.78, 5) is 34.7. The Morgan fingerprint density at radius 2 is 1.87 bits per heavy atom. The van der Waals surface area contributed by atoms with Crippen LogP contribution in [-0.2, 0) is 11.2 Å². The third-order valence-electron chi connectivity index (χ3n) is 5.38. The molecule has 9 heteroatoms. The highest BCUT2D eigenvalue weighted by atomic mass is 35.5. The number of carbonyl (C=O) groups is 1. The zero-order chi connectivity index (χ0) is 20.9. The summed E-state index contributed by atoms with van der Waals surface area (Å²) < 4.78 is 0. The fourth-order valence-corrected chi connectivity index (χ4v) is 3.87. The van der Waals surface area contributed by atoms with Crippen LogP contribution in [0.15, 0.2) is 41.5 Å². The lowest BCUT2D eigenvalue weighted by Crippen LogP contribution is -2.42. The van der Waals surface area contributed by atoms with E-state index >= 15 is 0 Å². The number of aromatic nitrogens is 4. The number of H-pyrrole nitrogens is 1. The second kappa shape index (κ2) is 9.21. The number of amides is 1. The summed E-state index contributed by atoms with van der Waals surface area (Å²) in [6.07, 6.45) is 6.64. The Morgan fingerprint density at radius 1 is 1.17 bits per heavy atom. The van der Waals surface area contributed by atoms with Crippen LogP contribution in [-0.4, -0.2) is 50.1 Å². The average Bonchev–Trinajstić information content (AvgIpc) is 2.77. The molecule has 0 aliphatic carbocycles. The quantitative estimate of drug-likeness (QED) is 0.628. The van der Waals surface area contributed by atoms with Crippen molar-refractivity contribution in [2.75, 3.05) is 18.4 Å². The van der Waals surface area contributed by atoms with Crippen LogP contribution in [0.4, 0.5) is 5.95 Å². The third kappa shape index (κ3) is 4.76. The van der Waals surface area contributed by atoms with Crippen molar-refractivity contribution in [3.8, 4) is 0 Å². The van der Waals surface area contributed by atoms with Crippen molar-refractivity contribution >= 4 is 34.2 Å². The molecule has 1 saturated heterocycles. The first-order valence-corrected chi connectivity index (χ1v) is 10.5. The van der Waals surface area contributed by atoms with Crippen LogP contribution in [0.1, 0.15) is 31.4 Å². The van der Waals surface area contributed by atoms with Gasteiger partial charge in [-0.3, -0.25) is 9.59 Å². The maximum Gasteiger partial charge on any atom is 0.272 e. The molecular weight excluding hydrogens is 404 g/mol. The van der Waals surface area contributed by atoms with Gasteiger partial charge in [-0.25, -0.2) is 15.1 Å². The minimum absolute atomic E-state index is 0.157. The van der Waals surface area contributed by atoms with E-state index in [9.17, 15) is 9.59 Å². The first-order valence-electron chi connectivity index (χ1n) is 10.1. The average molecular weight is 427 g/mol. The fourth-order valence-electron chi connectivity index (χ4n) is 3.77. The number of nitrogens with one attached hydrogen (secondary N) is 2. The molecule has 3 heterocycles. The number of rotatable bonds is 6. The van der Waals surface area contributed by atoms with Crippen molar-refractivity contribution < 1.29 is 4.79 Å². The fraction of sp³-hybridized carbons (Fsp3) is 0.381. The standard InChI is InChI=1S/C21H23ClN6O2/c22-14-12-23-21(24-13-14)25-15-8-10-28(11-9-15)19(29)7-3-6-18-16-4-1-2-5-17(16)20(30)27-26-18/h1-2,4-5,12-13,15H,3,6-11H2,(H,27,30)(H,23,24,25). The van der Waals surface area contributed by atoms with Crippen molar-refractivity contribution in [3.63, 3.8) is 0 Å². The molecule has 0 bridgehead atoms. The molecule has 0 unspecified atom stereocenters. The number of likely N-dealkylation sites (tertiary alicyclic amines) is 1. The molecule has 1 amide bonds. The molecule has 0 spiro atoms. The molecule has 1 aliphatic rings. The summed E-state index contributed by atoms with van der Waals surface area (Å²) in [7, 11) is 0. The highest BCUT2D eigenvalue weighted by Gasteiger charge is 2.23. The normalized spacial score (nSPS) is 14.8. The largest absolute Gasteiger partial charge is 0.351 e. The predicted molar refractivity (Wildman–Crippen MR) is 116 cm³/mol. The van der Waals surface area contributed by atoms with Gasteiger partial charge in [0, 0.05) is 30.9 Å². The second-order valence-electron chi connectivity index (χ2n) is 7.42. The van der Waals surface area contributed by atoms with Gasteiger partial charge in [0.2, 0.25) is 11.9 Å². The molecule has 0 atom stereocenters. The van der Waals surface area contributed by atoms with E-state index in [4.69, 9.17) is 11.6 Å². The van der Waals surface area contributed by atoms with Gasteiger partial charge in [0.15, 0.2) is 0 Å². The molecule has 1 aliphatic heterocycles. The minimum atomic E-state index is -0.189. The van der Waals surface area contributed by atoms with Crippen LogP contribution in [0.5, 0.6) is 0 Å². The monoisotopic (exact) mass is 426 g/mol. The number of nitrogens with zero attached hydrogens (tertiary/aromatic N) is 4. The lowest BCUT2D eigenvalue weighted by Gasteiger charge is -2.32. The molecule has 3 aromatic rings. The molecule has 0 radical (unpaired) electrons. The van der Waals surface area contributed by atoms with Gasteiger partial charge < -0.3 is 10.2 Å². The summed E-state index contributed by atoms with van der Waals surface area (Å²) >= 11 is 5.81. The van der Waals surface area contributed by atoms with Crippen LogP contribution >= 0.6 is 11.6 Å². The summed E-state index contributed by atoms with van der Waals surface area (Å²) in [6, 6.07) is 7.66. The van der Waals surface area contributed by atoms with Crippen LogP contribution in [0.2, 0.25) is 5.02 Å². The smallest absolute Gasteiger partial charge is 0.272 e. The highest BCUT2D eigenvalue weighted by molar-refractivity contribution is 6.30. The first kappa shape index (κ1) is 20.3. The van der Waals surface area contributed by atoms with E-state index in [0.717, 1.165) is 23.9 Å². The van der Waals surface area contributed by atoms with Crippen molar-refractivity contribution in [1.29, 1.82) is 0 Å². The number of piperidine rings is 1. The van der Waals surface area contributed by atoms with Gasteiger partial charge in [0.05, 0.1) is 28.5 Å². The Morgan fingerprint density at radius 3 is 2.60 bits per heavy atom. The number of hydrogen-bond donors (Lipinski definition) is 2. The van der Waals surface area contributed by atoms with E-state index in [0.29, 0.717) is 48.7 Å². The van der Waals surface area contributed by atoms with E-state index in [1.54, 1.807) is 18.5 Å². The Hall–Kier alpha value is -3.00. The maximum atomic E-state index is 12.6. The molecule has 1 aromatic carbocycles. The van der Waals surface area contributed by atoms with Crippen LogP contribution in [0, 0.1) is 0 Å². The maximum absolute atomic E-state index is 12.6. The Balaban J connectivity index is 1.25. The van der Waals surface area contributed by atoms with Crippen molar-refractivity contribution in [2.24, 2.45) is 0 Å². The number of hydrogen-bond acceptors (Lipinski definition) is 6. The summed E-state index contributed by atoms with van der Waals surface area (Å²) in [5.41, 5.74) is 0.634. The highest BCUT2D eigenvalue weighted by Crippen LogP contribution is 2.18. The summed E-state index contributed by atoms with van der Waals surface area (Å²) in [6.45, 7) is 1.42. The SMILES string of the molecule is O=C(CCCc1n[nH]c(=O)c2ccccc12)N1CCC(Nc2ncc(Cl)cn2)CC1. The van der Waals surface area contributed by atoms with Crippen molar-refractivity contribution in [1.82, 2.24) is 25.1 Å². The molecule has 2 N–H and O–H groups in total. The van der Waals surface area contributed by atoms with E-state index in [1.807, 2.05) is 23.1 Å². The predicted octanol–water partition coefficient (Wildman–Crippen LogP) is 2.79. The molecule has 4 rings (SSSR count). The number of carbonyl (C=O) groups excluding carboxylic acids is 1. The number of fused-ring (bicyclic) bond motifs is 1. The van der Waals surface area contributed by atoms with Gasteiger partial charge in [-0.2, -0.15) is 5.10 Å². The number of aryl methyl sites for hydroxylation is 1. The molecule has 8 nitrogen and oxygen atoms in total. The van der Waals surface area contributed by atoms with Gasteiger partial charge in [0.1, 0.15) is 0 Å². The number of anilines is 1. The van der Waals surface area contributed by atoms with Gasteiger partial charge >= 0.3 is 0 Å². The van der Waals surface area contributed by atoms with E-state index in [1.165, 1.54) is 0 Å². The van der Waals surface area contributed by atoms with Crippen LogP contribution < -0.4 is 10.9 Å². The molecule has 30 heavy (non-hydrogen) atoms. The van der Waals surface area contributed by atoms with E-state index in [2.05, 4.69) is 25.5 Å². The Labute approximate surface area is 178 Å². The molecule has 0 saturated carbocycles. The molecular formula is C21H23ClN6O2. The molecule has 2 aromatic heterocycles. The Kier molecular flexibility index (Phi) is 6.23. The van der Waals surface area contributed by atoms with E-state index in [-0.39, 0.29) is 17.5 Å². The van der Waals surface area contributed by atoms with Crippen molar-refractivity contribution in [2.45, 2.75) is 38.1 Å².